The number of nitrogens with two attached hydrogens (primary N) is 1. The zero-order valence-corrected chi connectivity index (χ0v) is 10.4. The average Bonchev–Trinajstić information content (AvgIpc) is 2.17. The van der Waals surface area contributed by atoms with Gasteiger partial charge in [-0.1, -0.05) is 12.1 Å². The van der Waals surface area contributed by atoms with Gasteiger partial charge in [-0.05, 0) is 24.1 Å². The van der Waals surface area contributed by atoms with Crippen molar-refractivity contribution in [3.8, 4) is 5.75 Å². The Labute approximate surface area is 96.3 Å². The van der Waals surface area contributed by atoms with Crippen molar-refractivity contribution < 1.29 is 13.2 Å². The average molecular weight is 243 g/mol. The van der Waals surface area contributed by atoms with Crippen molar-refractivity contribution in [1.82, 2.24) is 0 Å². The molecule has 5 heteroatoms. The first-order chi connectivity index (χ1) is 7.48. The van der Waals surface area contributed by atoms with Gasteiger partial charge in [-0.2, -0.15) is 0 Å². The van der Waals surface area contributed by atoms with Crippen LogP contribution in [-0.4, -0.2) is 27.8 Å². The topological polar surface area (TPSA) is 69.4 Å². The van der Waals surface area contributed by atoms with Crippen LogP contribution in [0, 0.1) is 6.92 Å². The smallest absolute Gasteiger partial charge is 0.155 e. The molecule has 0 aromatic heterocycles. The van der Waals surface area contributed by atoms with Gasteiger partial charge >= 0.3 is 0 Å². The molecule has 0 bridgehead atoms. The van der Waals surface area contributed by atoms with Gasteiger partial charge in [-0.15, -0.1) is 0 Å². The van der Waals surface area contributed by atoms with Crippen LogP contribution in [0.5, 0.6) is 5.75 Å². The van der Waals surface area contributed by atoms with Crippen LogP contribution < -0.4 is 10.5 Å². The van der Waals surface area contributed by atoms with Crippen LogP contribution in [0.25, 0.3) is 0 Å². The minimum Gasteiger partial charge on any atom is -0.496 e. The van der Waals surface area contributed by atoms with Gasteiger partial charge in [0.25, 0.3) is 0 Å². The maximum absolute atomic E-state index is 11.6. The molecule has 0 spiro atoms. The van der Waals surface area contributed by atoms with E-state index in [1.807, 2.05) is 13.0 Å². The maximum atomic E-state index is 11.6. The molecule has 0 aliphatic carbocycles. The Kier molecular flexibility index (Phi) is 4.32. The second kappa shape index (κ2) is 5.32. The van der Waals surface area contributed by atoms with Crippen molar-refractivity contribution in [2.75, 3.05) is 19.4 Å². The van der Waals surface area contributed by atoms with Crippen LogP contribution in [0.1, 0.15) is 11.1 Å². The molecule has 0 saturated heterocycles. The van der Waals surface area contributed by atoms with E-state index >= 15 is 0 Å². The molecule has 0 unspecified atom stereocenters. The number of benzene rings is 1. The van der Waals surface area contributed by atoms with Gasteiger partial charge in [-0.3, -0.25) is 0 Å². The third-order valence-corrected chi connectivity index (χ3v) is 3.91. The summed E-state index contributed by atoms with van der Waals surface area (Å²) in [6, 6.07) is 5.37. The lowest BCUT2D eigenvalue weighted by atomic mass is 10.1. The van der Waals surface area contributed by atoms with Gasteiger partial charge in [0.1, 0.15) is 5.75 Å². The monoisotopic (exact) mass is 243 g/mol. The van der Waals surface area contributed by atoms with E-state index < -0.39 is 9.84 Å². The molecule has 1 rings (SSSR count). The molecule has 0 amide bonds. The summed E-state index contributed by atoms with van der Waals surface area (Å²) in [4.78, 5) is 0. The fourth-order valence-corrected chi connectivity index (χ4v) is 2.73. The standard InChI is InChI=1S/C11H17NO3S/c1-9-7-10(3-4-11(9)15-2)8-16(13,14)6-5-12/h3-4,7H,5-6,8,12H2,1-2H3. The second-order valence-corrected chi connectivity index (χ2v) is 5.87. The normalized spacial score (nSPS) is 11.4. The first kappa shape index (κ1) is 13.0. The van der Waals surface area contributed by atoms with E-state index in [0.29, 0.717) is 0 Å². The molecule has 0 radical (unpaired) electrons. The van der Waals surface area contributed by atoms with E-state index in [4.69, 9.17) is 10.5 Å². The van der Waals surface area contributed by atoms with Crippen LogP contribution in [0.3, 0.4) is 0 Å². The first-order valence-electron chi connectivity index (χ1n) is 5.02. The summed E-state index contributed by atoms with van der Waals surface area (Å²) in [6.07, 6.45) is 0. The lowest BCUT2D eigenvalue weighted by Gasteiger charge is -2.07. The highest BCUT2D eigenvalue weighted by Crippen LogP contribution is 2.19. The number of methoxy groups -OCH3 is 1. The Balaban J connectivity index is 2.87. The molecule has 2 N–H and O–H groups in total. The molecule has 0 aliphatic rings. The third kappa shape index (κ3) is 3.50. The summed E-state index contributed by atoms with van der Waals surface area (Å²) in [7, 11) is -1.50. The third-order valence-electron chi connectivity index (χ3n) is 2.27. The number of sulfone groups is 1. The first-order valence-corrected chi connectivity index (χ1v) is 6.84. The lowest BCUT2D eigenvalue weighted by molar-refractivity contribution is 0.411. The predicted molar refractivity (Wildman–Crippen MR) is 64.3 cm³/mol. The van der Waals surface area contributed by atoms with Crippen molar-refractivity contribution in [1.29, 1.82) is 0 Å². The van der Waals surface area contributed by atoms with E-state index in [-0.39, 0.29) is 18.1 Å². The number of hydrogen-bond donors (Lipinski definition) is 1. The second-order valence-electron chi connectivity index (χ2n) is 3.68. The Morgan fingerprint density at radius 3 is 2.56 bits per heavy atom. The van der Waals surface area contributed by atoms with Gasteiger partial charge in [0, 0.05) is 6.54 Å². The summed E-state index contributed by atoms with van der Waals surface area (Å²) in [5, 5.41) is 0. The fraction of sp³-hybridized carbons (Fsp3) is 0.455. The van der Waals surface area contributed by atoms with Gasteiger partial charge < -0.3 is 10.5 Å². The van der Waals surface area contributed by atoms with Crippen molar-refractivity contribution in [2.24, 2.45) is 5.73 Å². The molecule has 0 atom stereocenters. The molecule has 1 aromatic rings. The van der Waals surface area contributed by atoms with Crippen LogP contribution in [0.2, 0.25) is 0 Å². The molecular weight excluding hydrogens is 226 g/mol. The number of rotatable bonds is 5. The van der Waals surface area contributed by atoms with Crippen molar-refractivity contribution >= 4 is 9.84 Å². The summed E-state index contributed by atoms with van der Waals surface area (Å²) < 4.78 is 28.2. The summed E-state index contributed by atoms with van der Waals surface area (Å²) in [5.41, 5.74) is 6.95. The van der Waals surface area contributed by atoms with Gasteiger partial charge in [-0.25, -0.2) is 8.42 Å². The van der Waals surface area contributed by atoms with Crippen molar-refractivity contribution in [2.45, 2.75) is 12.7 Å². The lowest BCUT2D eigenvalue weighted by Crippen LogP contribution is -2.17. The number of aryl methyl sites for hydroxylation is 1. The largest absolute Gasteiger partial charge is 0.496 e. The highest BCUT2D eigenvalue weighted by Gasteiger charge is 2.11. The van der Waals surface area contributed by atoms with E-state index in [1.54, 1.807) is 19.2 Å². The van der Waals surface area contributed by atoms with Crippen LogP contribution in [0.15, 0.2) is 18.2 Å². The summed E-state index contributed by atoms with van der Waals surface area (Å²) >= 11 is 0. The molecular formula is C11H17NO3S. The summed E-state index contributed by atoms with van der Waals surface area (Å²) in [6.45, 7) is 2.05. The highest BCUT2D eigenvalue weighted by molar-refractivity contribution is 7.90. The minimum atomic E-state index is -3.09. The molecule has 90 valence electrons. The van der Waals surface area contributed by atoms with E-state index in [2.05, 4.69) is 0 Å². The van der Waals surface area contributed by atoms with Gasteiger partial charge in [0.05, 0.1) is 18.6 Å². The molecule has 4 nitrogen and oxygen atoms in total. The maximum Gasteiger partial charge on any atom is 0.155 e. The quantitative estimate of drug-likeness (QED) is 0.833. The Bertz CT molecular complexity index is 454. The predicted octanol–water partition coefficient (Wildman–Crippen LogP) is 0.877. The molecule has 0 fully saturated rings. The van der Waals surface area contributed by atoms with Crippen molar-refractivity contribution in [3.63, 3.8) is 0 Å². The summed E-state index contributed by atoms with van der Waals surface area (Å²) in [5.74, 6) is 0.826. The van der Waals surface area contributed by atoms with Crippen LogP contribution in [-0.2, 0) is 15.6 Å². The molecule has 1 aromatic carbocycles. The zero-order valence-electron chi connectivity index (χ0n) is 9.56. The number of ether oxygens (including phenoxy) is 1. The van der Waals surface area contributed by atoms with Crippen LogP contribution >= 0.6 is 0 Å². The highest BCUT2D eigenvalue weighted by atomic mass is 32.2. The Hall–Kier alpha value is -1.07. The number of hydrogen-bond acceptors (Lipinski definition) is 4. The van der Waals surface area contributed by atoms with E-state index in [9.17, 15) is 8.42 Å². The molecule has 16 heavy (non-hydrogen) atoms. The van der Waals surface area contributed by atoms with Gasteiger partial charge in [0.15, 0.2) is 9.84 Å². The van der Waals surface area contributed by atoms with E-state index in [0.717, 1.165) is 16.9 Å². The minimum absolute atomic E-state index is 0.0259. The zero-order chi connectivity index (χ0) is 12.2. The molecule has 0 aliphatic heterocycles. The Morgan fingerprint density at radius 1 is 1.38 bits per heavy atom. The SMILES string of the molecule is COc1ccc(CS(=O)(=O)CCN)cc1C. The fourth-order valence-electron chi connectivity index (χ4n) is 1.54. The van der Waals surface area contributed by atoms with Crippen molar-refractivity contribution in [3.05, 3.63) is 29.3 Å². The molecule has 0 heterocycles. The molecule has 0 saturated carbocycles. The Morgan fingerprint density at radius 2 is 2.06 bits per heavy atom. The van der Waals surface area contributed by atoms with Gasteiger partial charge in [0.2, 0.25) is 0 Å². The van der Waals surface area contributed by atoms with Crippen LogP contribution in [0.4, 0.5) is 0 Å². The van der Waals surface area contributed by atoms with E-state index in [1.165, 1.54) is 0 Å².